The molecular formula is C14H18BrNO2. The Morgan fingerprint density at radius 3 is 2.83 bits per heavy atom. The first-order chi connectivity index (χ1) is 8.66. The molecule has 0 bridgehead atoms. The smallest absolute Gasteiger partial charge is 0.253 e. The normalized spacial score (nSPS) is 16.6. The lowest BCUT2D eigenvalue weighted by atomic mass is 9.99. The molecule has 0 N–H and O–H groups in total. The highest BCUT2D eigenvalue weighted by atomic mass is 79.9. The van der Waals surface area contributed by atoms with Crippen molar-refractivity contribution in [1.29, 1.82) is 0 Å². The molecular weight excluding hydrogens is 294 g/mol. The summed E-state index contributed by atoms with van der Waals surface area (Å²) in [4.78, 5) is 14.1. The number of nitrogens with zero attached hydrogens (tertiary/aromatic N) is 1. The van der Waals surface area contributed by atoms with Crippen molar-refractivity contribution in [2.24, 2.45) is 5.92 Å². The molecule has 0 aromatic heterocycles. The lowest BCUT2D eigenvalue weighted by molar-refractivity contribution is 0.0497. The highest BCUT2D eigenvalue weighted by molar-refractivity contribution is 9.10. The Morgan fingerprint density at radius 2 is 2.17 bits per heavy atom. The average Bonchev–Trinajstić information content (AvgIpc) is 2.39. The van der Waals surface area contributed by atoms with Crippen LogP contribution in [0.25, 0.3) is 0 Å². The van der Waals surface area contributed by atoms with E-state index in [2.05, 4.69) is 15.9 Å². The first-order valence-electron chi connectivity index (χ1n) is 6.25. The van der Waals surface area contributed by atoms with Gasteiger partial charge in [-0.05, 0) is 37.0 Å². The molecule has 0 saturated carbocycles. The maximum Gasteiger partial charge on any atom is 0.253 e. The lowest BCUT2D eigenvalue weighted by Crippen LogP contribution is -2.34. The second kappa shape index (κ2) is 6.34. The summed E-state index contributed by atoms with van der Waals surface area (Å²) in [5.74, 6) is 0.655. The molecule has 0 unspecified atom stereocenters. The molecule has 1 fully saturated rings. The van der Waals surface area contributed by atoms with Gasteiger partial charge in [0, 0.05) is 36.8 Å². The van der Waals surface area contributed by atoms with E-state index in [1.54, 1.807) is 0 Å². The molecule has 0 atom stereocenters. The molecule has 1 aromatic carbocycles. The number of amides is 1. The fourth-order valence-electron chi connectivity index (χ4n) is 2.24. The first kappa shape index (κ1) is 13.6. The third-order valence-electron chi connectivity index (χ3n) is 3.29. The van der Waals surface area contributed by atoms with Gasteiger partial charge >= 0.3 is 0 Å². The standard InChI is InChI=1S/C14H18BrNO2/c1-16(10-11-5-7-18-8-6-11)14(17)12-3-2-4-13(15)9-12/h2-4,9,11H,5-8,10H2,1H3. The fraction of sp³-hybridized carbons (Fsp3) is 0.500. The van der Waals surface area contributed by atoms with Crippen molar-refractivity contribution in [2.75, 3.05) is 26.8 Å². The predicted molar refractivity (Wildman–Crippen MR) is 74.6 cm³/mol. The van der Waals surface area contributed by atoms with Crippen LogP contribution in [0.5, 0.6) is 0 Å². The van der Waals surface area contributed by atoms with Crippen LogP contribution in [0.1, 0.15) is 23.2 Å². The number of ether oxygens (including phenoxy) is 1. The van der Waals surface area contributed by atoms with Crippen LogP contribution in [0.3, 0.4) is 0 Å². The minimum atomic E-state index is 0.0859. The molecule has 1 aliphatic heterocycles. The quantitative estimate of drug-likeness (QED) is 0.859. The summed E-state index contributed by atoms with van der Waals surface area (Å²) in [7, 11) is 1.87. The lowest BCUT2D eigenvalue weighted by Gasteiger charge is -2.27. The first-order valence-corrected chi connectivity index (χ1v) is 7.05. The van der Waals surface area contributed by atoms with Crippen LogP contribution in [0.15, 0.2) is 28.7 Å². The van der Waals surface area contributed by atoms with Gasteiger partial charge in [-0.15, -0.1) is 0 Å². The van der Waals surface area contributed by atoms with Crippen molar-refractivity contribution in [3.05, 3.63) is 34.3 Å². The van der Waals surface area contributed by atoms with E-state index in [0.29, 0.717) is 5.92 Å². The van der Waals surface area contributed by atoms with Crippen LogP contribution in [0, 0.1) is 5.92 Å². The summed E-state index contributed by atoms with van der Waals surface area (Å²) in [6, 6.07) is 7.53. The zero-order valence-corrected chi connectivity index (χ0v) is 12.1. The fourth-order valence-corrected chi connectivity index (χ4v) is 2.64. The highest BCUT2D eigenvalue weighted by Crippen LogP contribution is 2.18. The molecule has 0 aliphatic carbocycles. The van der Waals surface area contributed by atoms with Gasteiger partial charge in [-0.2, -0.15) is 0 Å². The summed E-state index contributed by atoms with van der Waals surface area (Å²) in [6.07, 6.45) is 2.10. The van der Waals surface area contributed by atoms with Crippen molar-refractivity contribution in [3.8, 4) is 0 Å². The van der Waals surface area contributed by atoms with E-state index in [0.717, 1.165) is 42.6 Å². The van der Waals surface area contributed by atoms with E-state index in [1.165, 1.54) is 0 Å². The van der Waals surface area contributed by atoms with Crippen LogP contribution >= 0.6 is 15.9 Å². The Hall–Kier alpha value is -0.870. The molecule has 0 radical (unpaired) electrons. The van der Waals surface area contributed by atoms with Gasteiger partial charge in [0.25, 0.3) is 5.91 Å². The van der Waals surface area contributed by atoms with Crippen LogP contribution in [-0.2, 0) is 4.74 Å². The molecule has 1 aromatic rings. The summed E-state index contributed by atoms with van der Waals surface area (Å²) in [5, 5.41) is 0. The van der Waals surface area contributed by atoms with Crippen LogP contribution in [0.2, 0.25) is 0 Å². The summed E-state index contributed by atoms with van der Waals surface area (Å²) in [6.45, 7) is 2.46. The molecule has 1 heterocycles. The minimum Gasteiger partial charge on any atom is -0.381 e. The van der Waals surface area contributed by atoms with E-state index in [9.17, 15) is 4.79 Å². The number of carbonyl (C=O) groups excluding carboxylic acids is 1. The zero-order valence-electron chi connectivity index (χ0n) is 10.6. The predicted octanol–water partition coefficient (Wildman–Crippen LogP) is 2.95. The second-order valence-corrected chi connectivity index (χ2v) is 5.67. The average molecular weight is 312 g/mol. The topological polar surface area (TPSA) is 29.5 Å². The molecule has 0 spiro atoms. The Morgan fingerprint density at radius 1 is 1.44 bits per heavy atom. The Labute approximate surface area is 116 Å². The van der Waals surface area contributed by atoms with Crippen molar-refractivity contribution >= 4 is 21.8 Å². The summed E-state index contributed by atoms with van der Waals surface area (Å²) >= 11 is 3.39. The van der Waals surface area contributed by atoms with E-state index >= 15 is 0 Å². The van der Waals surface area contributed by atoms with Crippen molar-refractivity contribution in [1.82, 2.24) is 4.90 Å². The Balaban J connectivity index is 1.95. The highest BCUT2D eigenvalue weighted by Gasteiger charge is 2.19. The monoisotopic (exact) mass is 311 g/mol. The van der Waals surface area contributed by atoms with E-state index < -0.39 is 0 Å². The van der Waals surface area contributed by atoms with Crippen LogP contribution in [0.4, 0.5) is 0 Å². The van der Waals surface area contributed by atoms with Gasteiger partial charge in [-0.3, -0.25) is 4.79 Å². The molecule has 1 amide bonds. The maximum atomic E-state index is 12.2. The van der Waals surface area contributed by atoms with Crippen LogP contribution < -0.4 is 0 Å². The van der Waals surface area contributed by atoms with E-state index in [4.69, 9.17) is 4.74 Å². The van der Waals surface area contributed by atoms with Gasteiger partial charge in [0.05, 0.1) is 0 Å². The number of carbonyl (C=O) groups is 1. The van der Waals surface area contributed by atoms with Crippen molar-refractivity contribution in [2.45, 2.75) is 12.8 Å². The van der Waals surface area contributed by atoms with Gasteiger partial charge in [0.15, 0.2) is 0 Å². The molecule has 3 nitrogen and oxygen atoms in total. The molecule has 2 rings (SSSR count). The third-order valence-corrected chi connectivity index (χ3v) is 3.78. The maximum absolute atomic E-state index is 12.2. The van der Waals surface area contributed by atoms with E-state index in [1.807, 2.05) is 36.2 Å². The number of halogens is 1. The van der Waals surface area contributed by atoms with Crippen molar-refractivity contribution < 1.29 is 9.53 Å². The Bertz CT molecular complexity index is 416. The largest absolute Gasteiger partial charge is 0.381 e. The van der Waals surface area contributed by atoms with Gasteiger partial charge < -0.3 is 9.64 Å². The molecule has 4 heteroatoms. The second-order valence-electron chi connectivity index (χ2n) is 4.75. The molecule has 18 heavy (non-hydrogen) atoms. The van der Waals surface area contributed by atoms with Crippen LogP contribution in [-0.4, -0.2) is 37.6 Å². The summed E-state index contributed by atoms with van der Waals surface area (Å²) in [5.41, 5.74) is 0.735. The third kappa shape index (κ3) is 3.56. The van der Waals surface area contributed by atoms with Gasteiger partial charge in [-0.25, -0.2) is 0 Å². The minimum absolute atomic E-state index is 0.0859. The number of benzene rings is 1. The molecule has 1 saturated heterocycles. The molecule has 1 aliphatic rings. The van der Waals surface area contributed by atoms with Gasteiger partial charge in [-0.1, -0.05) is 22.0 Å². The Kier molecular flexibility index (Phi) is 4.78. The molecule has 98 valence electrons. The van der Waals surface area contributed by atoms with Gasteiger partial charge in [0.1, 0.15) is 0 Å². The van der Waals surface area contributed by atoms with Crippen molar-refractivity contribution in [3.63, 3.8) is 0 Å². The number of hydrogen-bond acceptors (Lipinski definition) is 2. The zero-order chi connectivity index (χ0) is 13.0. The SMILES string of the molecule is CN(CC1CCOCC1)C(=O)c1cccc(Br)c1. The summed E-state index contributed by atoms with van der Waals surface area (Å²) < 4.78 is 6.27. The van der Waals surface area contributed by atoms with Gasteiger partial charge in [0.2, 0.25) is 0 Å². The number of hydrogen-bond donors (Lipinski definition) is 0. The van der Waals surface area contributed by atoms with E-state index in [-0.39, 0.29) is 5.91 Å². The number of rotatable bonds is 3.